The molecule has 0 heterocycles. The van der Waals surface area contributed by atoms with E-state index in [-0.39, 0.29) is 0 Å². The van der Waals surface area contributed by atoms with E-state index in [0.29, 0.717) is 0 Å². The first-order chi connectivity index (χ1) is 7.80. The molecular formula is C14H30N2. The summed E-state index contributed by atoms with van der Waals surface area (Å²) in [6.07, 6.45) is 6.75. The van der Waals surface area contributed by atoms with Crippen LogP contribution < -0.4 is 5.32 Å². The predicted molar refractivity (Wildman–Crippen MR) is 71.8 cm³/mol. The number of nitrogens with zero attached hydrogens (tertiary/aromatic N) is 1. The SMILES string of the molecule is CCCN(CCNC(CC)CC)CC1CC1. The molecule has 1 rings (SSSR count). The number of rotatable bonds is 10. The molecular weight excluding hydrogens is 196 g/mol. The van der Waals surface area contributed by atoms with Gasteiger partial charge in [-0.25, -0.2) is 0 Å². The Morgan fingerprint density at radius 2 is 1.81 bits per heavy atom. The van der Waals surface area contributed by atoms with Crippen molar-refractivity contribution >= 4 is 0 Å². The Balaban J connectivity index is 2.10. The highest BCUT2D eigenvalue weighted by atomic mass is 15.1. The van der Waals surface area contributed by atoms with E-state index in [2.05, 4.69) is 31.0 Å². The Morgan fingerprint density at radius 1 is 1.12 bits per heavy atom. The van der Waals surface area contributed by atoms with Crippen LogP contribution in [0.15, 0.2) is 0 Å². The second kappa shape index (κ2) is 8.08. The third kappa shape index (κ3) is 5.86. The van der Waals surface area contributed by atoms with E-state index >= 15 is 0 Å². The Kier molecular flexibility index (Phi) is 7.06. The van der Waals surface area contributed by atoms with Crippen LogP contribution in [0.5, 0.6) is 0 Å². The molecule has 1 fully saturated rings. The Hall–Kier alpha value is -0.0800. The molecule has 0 amide bonds. The van der Waals surface area contributed by atoms with Crippen molar-refractivity contribution in [3.05, 3.63) is 0 Å². The van der Waals surface area contributed by atoms with E-state index in [9.17, 15) is 0 Å². The van der Waals surface area contributed by atoms with Crippen molar-refractivity contribution in [1.29, 1.82) is 0 Å². The highest BCUT2D eigenvalue weighted by Gasteiger charge is 2.23. The number of nitrogens with one attached hydrogen (secondary N) is 1. The van der Waals surface area contributed by atoms with Gasteiger partial charge in [-0.15, -0.1) is 0 Å². The maximum absolute atomic E-state index is 3.66. The van der Waals surface area contributed by atoms with E-state index in [0.717, 1.165) is 12.0 Å². The molecule has 0 saturated heterocycles. The van der Waals surface area contributed by atoms with Crippen molar-refractivity contribution in [1.82, 2.24) is 10.2 Å². The fourth-order valence-corrected chi connectivity index (χ4v) is 2.28. The number of hydrogen-bond acceptors (Lipinski definition) is 2. The molecule has 96 valence electrons. The fraction of sp³-hybridized carbons (Fsp3) is 1.00. The van der Waals surface area contributed by atoms with Crippen molar-refractivity contribution < 1.29 is 0 Å². The third-order valence-electron chi connectivity index (χ3n) is 3.60. The normalized spacial score (nSPS) is 16.3. The molecule has 1 aliphatic rings. The van der Waals surface area contributed by atoms with Gasteiger partial charge in [0.1, 0.15) is 0 Å². The van der Waals surface area contributed by atoms with Crippen molar-refractivity contribution in [2.75, 3.05) is 26.2 Å². The first-order valence-electron chi connectivity index (χ1n) is 7.25. The largest absolute Gasteiger partial charge is 0.313 e. The summed E-state index contributed by atoms with van der Waals surface area (Å²) in [6, 6.07) is 0.726. The summed E-state index contributed by atoms with van der Waals surface area (Å²) in [5, 5.41) is 3.66. The highest BCUT2D eigenvalue weighted by molar-refractivity contribution is 4.77. The molecule has 0 unspecified atom stereocenters. The lowest BCUT2D eigenvalue weighted by atomic mass is 10.2. The molecule has 0 spiro atoms. The zero-order chi connectivity index (χ0) is 11.8. The van der Waals surface area contributed by atoms with E-state index in [1.807, 2.05) is 0 Å². The molecule has 0 bridgehead atoms. The van der Waals surface area contributed by atoms with Gasteiger partial charge in [0, 0.05) is 25.7 Å². The van der Waals surface area contributed by atoms with Crippen LogP contribution in [0.1, 0.15) is 52.9 Å². The highest BCUT2D eigenvalue weighted by Crippen LogP contribution is 2.29. The van der Waals surface area contributed by atoms with Gasteiger partial charge in [0.05, 0.1) is 0 Å². The molecule has 2 nitrogen and oxygen atoms in total. The molecule has 2 heteroatoms. The first-order valence-corrected chi connectivity index (χ1v) is 7.25. The molecule has 0 aromatic carbocycles. The van der Waals surface area contributed by atoms with Crippen LogP contribution in [0.4, 0.5) is 0 Å². The Labute approximate surface area is 102 Å². The van der Waals surface area contributed by atoms with Crippen molar-refractivity contribution in [2.24, 2.45) is 5.92 Å². The van der Waals surface area contributed by atoms with Crippen LogP contribution in [0.2, 0.25) is 0 Å². The molecule has 1 aliphatic carbocycles. The lowest BCUT2D eigenvalue weighted by molar-refractivity contribution is 0.257. The van der Waals surface area contributed by atoms with E-state index in [1.54, 1.807) is 0 Å². The van der Waals surface area contributed by atoms with Gasteiger partial charge in [0.2, 0.25) is 0 Å². The molecule has 0 aromatic rings. The van der Waals surface area contributed by atoms with Crippen molar-refractivity contribution in [3.8, 4) is 0 Å². The van der Waals surface area contributed by atoms with Gasteiger partial charge in [-0.3, -0.25) is 0 Å². The molecule has 0 radical (unpaired) electrons. The third-order valence-corrected chi connectivity index (χ3v) is 3.60. The van der Waals surface area contributed by atoms with E-state index in [1.165, 1.54) is 58.3 Å². The minimum Gasteiger partial charge on any atom is -0.313 e. The summed E-state index contributed by atoms with van der Waals surface area (Å²) < 4.78 is 0. The summed E-state index contributed by atoms with van der Waals surface area (Å²) in [7, 11) is 0. The van der Waals surface area contributed by atoms with Gasteiger partial charge in [0.25, 0.3) is 0 Å². The standard InChI is InChI=1S/C14H30N2/c1-4-10-16(12-13-7-8-13)11-9-15-14(5-2)6-3/h13-15H,4-12H2,1-3H3. The van der Waals surface area contributed by atoms with Crippen LogP contribution in [0.3, 0.4) is 0 Å². The lowest BCUT2D eigenvalue weighted by Crippen LogP contribution is -2.38. The monoisotopic (exact) mass is 226 g/mol. The topological polar surface area (TPSA) is 15.3 Å². The minimum atomic E-state index is 0.726. The first kappa shape index (κ1) is 14.0. The van der Waals surface area contributed by atoms with Gasteiger partial charge < -0.3 is 10.2 Å². The van der Waals surface area contributed by atoms with Gasteiger partial charge >= 0.3 is 0 Å². The summed E-state index contributed by atoms with van der Waals surface area (Å²) in [6.45, 7) is 11.9. The maximum Gasteiger partial charge on any atom is 0.0107 e. The fourth-order valence-electron chi connectivity index (χ4n) is 2.28. The quantitative estimate of drug-likeness (QED) is 0.616. The molecule has 0 atom stereocenters. The van der Waals surface area contributed by atoms with Crippen LogP contribution in [-0.2, 0) is 0 Å². The second-order valence-corrected chi connectivity index (χ2v) is 5.21. The summed E-state index contributed by atoms with van der Waals surface area (Å²) >= 11 is 0. The van der Waals surface area contributed by atoms with Crippen LogP contribution in [-0.4, -0.2) is 37.1 Å². The van der Waals surface area contributed by atoms with Gasteiger partial charge in [-0.1, -0.05) is 20.8 Å². The van der Waals surface area contributed by atoms with Crippen molar-refractivity contribution in [2.45, 2.75) is 58.9 Å². The predicted octanol–water partition coefficient (Wildman–Crippen LogP) is 2.89. The van der Waals surface area contributed by atoms with Gasteiger partial charge in [-0.05, 0) is 44.6 Å². The zero-order valence-electron chi connectivity index (χ0n) is 11.5. The van der Waals surface area contributed by atoms with Crippen LogP contribution >= 0.6 is 0 Å². The summed E-state index contributed by atoms with van der Waals surface area (Å²) in [5.41, 5.74) is 0. The molecule has 0 aliphatic heterocycles. The summed E-state index contributed by atoms with van der Waals surface area (Å²) in [4.78, 5) is 2.65. The molecule has 1 saturated carbocycles. The zero-order valence-corrected chi connectivity index (χ0v) is 11.5. The van der Waals surface area contributed by atoms with Gasteiger partial charge in [-0.2, -0.15) is 0 Å². The van der Waals surface area contributed by atoms with Crippen LogP contribution in [0.25, 0.3) is 0 Å². The van der Waals surface area contributed by atoms with Crippen molar-refractivity contribution in [3.63, 3.8) is 0 Å². The Bertz CT molecular complexity index is 162. The Morgan fingerprint density at radius 3 is 2.31 bits per heavy atom. The molecule has 16 heavy (non-hydrogen) atoms. The smallest absolute Gasteiger partial charge is 0.0107 e. The van der Waals surface area contributed by atoms with E-state index in [4.69, 9.17) is 0 Å². The van der Waals surface area contributed by atoms with Crippen LogP contribution in [0, 0.1) is 5.92 Å². The van der Waals surface area contributed by atoms with Gasteiger partial charge in [0.15, 0.2) is 0 Å². The lowest BCUT2D eigenvalue weighted by Gasteiger charge is -2.23. The average molecular weight is 226 g/mol. The summed E-state index contributed by atoms with van der Waals surface area (Å²) in [5.74, 6) is 1.03. The average Bonchev–Trinajstić information content (AvgIpc) is 3.08. The van der Waals surface area contributed by atoms with E-state index < -0.39 is 0 Å². The maximum atomic E-state index is 3.66. The molecule has 0 aromatic heterocycles. The molecule has 1 N–H and O–H groups in total. The number of hydrogen-bond donors (Lipinski definition) is 1. The second-order valence-electron chi connectivity index (χ2n) is 5.21. The minimum absolute atomic E-state index is 0.726.